The molecule has 0 fully saturated rings. The second-order valence-corrected chi connectivity index (χ2v) is 5.78. The Morgan fingerprint density at radius 2 is 2.12 bits per heavy atom. The van der Waals surface area contributed by atoms with Crippen LogP contribution in [0.25, 0.3) is 0 Å². The number of carbonyl (C=O) groups excluding carboxylic acids is 2. The molecule has 0 radical (unpaired) electrons. The number of esters is 1. The molecule has 8 nitrogen and oxygen atoms in total. The van der Waals surface area contributed by atoms with Gasteiger partial charge in [0, 0.05) is 24.7 Å². The summed E-state index contributed by atoms with van der Waals surface area (Å²) >= 11 is 5.96. The number of rotatable bonds is 4. The molecule has 126 valence electrons. The highest BCUT2D eigenvalue weighted by atomic mass is 35.5. The van der Waals surface area contributed by atoms with Crippen LogP contribution in [0.4, 0.5) is 0 Å². The molecular formula is C15H15ClN4O4. The Balaban J connectivity index is 1.84. The van der Waals surface area contributed by atoms with Gasteiger partial charge in [0.2, 0.25) is 5.82 Å². The van der Waals surface area contributed by atoms with E-state index in [2.05, 4.69) is 9.84 Å². The molecule has 1 aromatic heterocycles. The number of nitrogens with zero attached hydrogens (tertiary/aromatic N) is 4. The van der Waals surface area contributed by atoms with Gasteiger partial charge in [-0.3, -0.25) is 14.2 Å². The number of halogens is 1. The van der Waals surface area contributed by atoms with Crippen molar-refractivity contribution in [3.8, 4) is 0 Å². The summed E-state index contributed by atoms with van der Waals surface area (Å²) in [6.07, 6.45) is 0. The first-order valence-electron chi connectivity index (χ1n) is 7.28. The van der Waals surface area contributed by atoms with Crippen LogP contribution in [0.1, 0.15) is 16.2 Å². The van der Waals surface area contributed by atoms with Crippen molar-refractivity contribution in [2.45, 2.75) is 19.6 Å². The second-order valence-electron chi connectivity index (χ2n) is 5.35. The van der Waals surface area contributed by atoms with E-state index in [0.717, 1.165) is 10.2 Å². The van der Waals surface area contributed by atoms with E-state index in [4.69, 9.17) is 11.6 Å². The summed E-state index contributed by atoms with van der Waals surface area (Å²) in [5, 5.41) is 4.57. The van der Waals surface area contributed by atoms with Gasteiger partial charge in [0.25, 0.3) is 5.91 Å². The maximum Gasteiger partial charge on any atom is 0.346 e. The molecule has 0 saturated heterocycles. The van der Waals surface area contributed by atoms with Crippen molar-refractivity contribution in [3.63, 3.8) is 0 Å². The van der Waals surface area contributed by atoms with E-state index in [9.17, 15) is 14.4 Å². The van der Waals surface area contributed by atoms with Gasteiger partial charge in [0.1, 0.15) is 6.54 Å². The predicted octanol–water partition coefficient (Wildman–Crippen LogP) is 0.527. The number of ether oxygens (including phenoxy) is 1. The van der Waals surface area contributed by atoms with E-state index >= 15 is 0 Å². The maximum atomic E-state index is 12.6. The van der Waals surface area contributed by atoms with Gasteiger partial charge in [-0.2, -0.15) is 0 Å². The van der Waals surface area contributed by atoms with Crippen LogP contribution in [-0.2, 0) is 29.2 Å². The van der Waals surface area contributed by atoms with Gasteiger partial charge in [0.15, 0.2) is 0 Å². The first-order chi connectivity index (χ1) is 11.5. The monoisotopic (exact) mass is 350 g/mol. The zero-order valence-electron chi connectivity index (χ0n) is 12.9. The summed E-state index contributed by atoms with van der Waals surface area (Å²) in [4.78, 5) is 37.7. The topological polar surface area (TPSA) is 86.4 Å². The van der Waals surface area contributed by atoms with E-state index in [1.54, 1.807) is 17.0 Å². The van der Waals surface area contributed by atoms with Crippen molar-refractivity contribution in [2.75, 3.05) is 13.7 Å². The van der Waals surface area contributed by atoms with Gasteiger partial charge in [-0.05, 0) is 17.7 Å². The molecule has 9 heteroatoms. The van der Waals surface area contributed by atoms with Crippen LogP contribution in [0, 0.1) is 0 Å². The van der Waals surface area contributed by atoms with Crippen molar-refractivity contribution in [3.05, 3.63) is 51.2 Å². The molecule has 1 amide bonds. The van der Waals surface area contributed by atoms with E-state index in [1.165, 1.54) is 11.7 Å². The number of hydrogen-bond donors (Lipinski definition) is 0. The number of fused-ring (bicyclic) bond motifs is 1. The minimum Gasteiger partial charge on any atom is -0.468 e. The second kappa shape index (κ2) is 6.48. The molecular weight excluding hydrogens is 336 g/mol. The number of amides is 1. The normalized spacial score (nSPS) is 13.8. The largest absolute Gasteiger partial charge is 0.468 e. The zero-order chi connectivity index (χ0) is 17.3. The van der Waals surface area contributed by atoms with Gasteiger partial charge in [-0.15, -0.1) is 5.10 Å². The SMILES string of the molecule is COC(=O)Cn1nc2n(c1=O)CCN(Cc1cccc(Cl)c1)C2=O. The summed E-state index contributed by atoms with van der Waals surface area (Å²) in [6, 6.07) is 7.23. The Morgan fingerprint density at radius 3 is 2.83 bits per heavy atom. The minimum absolute atomic E-state index is 0.0252. The van der Waals surface area contributed by atoms with Crippen LogP contribution < -0.4 is 5.69 Å². The number of aromatic nitrogens is 3. The summed E-state index contributed by atoms with van der Waals surface area (Å²) in [5.41, 5.74) is 0.395. The summed E-state index contributed by atoms with van der Waals surface area (Å²) in [7, 11) is 1.22. The molecule has 2 heterocycles. The maximum absolute atomic E-state index is 12.6. The molecule has 3 rings (SSSR count). The molecule has 2 aromatic rings. The van der Waals surface area contributed by atoms with Crippen molar-refractivity contribution < 1.29 is 14.3 Å². The van der Waals surface area contributed by atoms with Crippen molar-refractivity contribution in [2.24, 2.45) is 0 Å². The number of methoxy groups -OCH3 is 1. The Morgan fingerprint density at radius 1 is 1.33 bits per heavy atom. The van der Waals surface area contributed by atoms with Crippen LogP contribution in [-0.4, -0.2) is 44.8 Å². The molecule has 0 bridgehead atoms. The Labute approximate surface area is 142 Å². The average molecular weight is 351 g/mol. The van der Waals surface area contributed by atoms with Crippen LogP contribution in [0.15, 0.2) is 29.1 Å². The van der Waals surface area contributed by atoms with E-state index in [0.29, 0.717) is 24.7 Å². The van der Waals surface area contributed by atoms with E-state index in [-0.39, 0.29) is 18.3 Å². The van der Waals surface area contributed by atoms with E-state index in [1.807, 2.05) is 12.1 Å². The molecule has 0 unspecified atom stereocenters. The quantitative estimate of drug-likeness (QED) is 0.751. The van der Waals surface area contributed by atoms with E-state index < -0.39 is 11.7 Å². The highest BCUT2D eigenvalue weighted by molar-refractivity contribution is 6.30. The lowest BCUT2D eigenvalue weighted by Gasteiger charge is -2.26. The van der Waals surface area contributed by atoms with Crippen molar-refractivity contribution in [1.82, 2.24) is 19.2 Å². The first kappa shape index (κ1) is 16.3. The van der Waals surface area contributed by atoms with Crippen LogP contribution >= 0.6 is 11.6 Å². The lowest BCUT2D eigenvalue weighted by molar-refractivity contribution is -0.141. The fraction of sp³-hybridized carbons (Fsp3) is 0.333. The number of carbonyl (C=O) groups is 2. The molecule has 0 spiro atoms. The smallest absolute Gasteiger partial charge is 0.346 e. The number of hydrogen-bond acceptors (Lipinski definition) is 5. The molecule has 1 aromatic carbocycles. The van der Waals surface area contributed by atoms with Crippen molar-refractivity contribution in [1.29, 1.82) is 0 Å². The molecule has 0 saturated carbocycles. The first-order valence-corrected chi connectivity index (χ1v) is 7.65. The van der Waals surface area contributed by atoms with Gasteiger partial charge in [0.05, 0.1) is 7.11 Å². The average Bonchev–Trinajstić information content (AvgIpc) is 2.87. The van der Waals surface area contributed by atoms with Gasteiger partial charge < -0.3 is 9.64 Å². The Kier molecular flexibility index (Phi) is 4.39. The molecule has 1 aliphatic heterocycles. The fourth-order valence-corrected chi connectivity index (χ4v) is 2.77. The lowest BCUT2D eigenvalue weighted by Crippen LogP contribution is -2.42. The van der Waals surface area contributed by atoms with Gasteiger partial charge in [-0.1, -0.05) is 23.7 Å². The van der Waals surface area contributed by atoms with Crippen LogP contribution in [0.2, 0.25) is 5.02 Å². The molecule has 0 atom stereocenters. The van der Waals surface area contributed by atoms with Gasteiger partial charge in [-0.25, -0.2) is 9.48 Å². The summed E-state index contributed by atoms with van der Waals surface area (Å²) in [5.74, 6) is -0.935. The summed E-state index contributed by atoms with van der Waals surface area (Å²) in [6.45, 7) is 0.748. The zero-order valence-corrected chi connectivity index (χ0v) is 13.7. The molecule has 0 N–H and O–H groups in total. The van der Waals surface area contributed by atoms with Crippen LogP contribution in [0.3, 0.4) is 0 Å². The lowest BCUT2D eigenvalue weighted by atomic mass is 10.2. The standard InChI is InChI=1S/C15H15ClN4O4/c1-24-12(21)9-20-15(23)19-6-5-18(14(22)13(19)17-20)8-10-3-2-4-11(16)7-10/h2-4,7H,5-6,8-9H2,1H3. The molecule has 1 aliphatic rings. The van der Waals surface area contributed by atoms with Crippen molar-refractivity contribution >= 4 is 23.5 Å². The Hall–Kier alpha value is -2.61. The minimum atomic E-state index is -0.601. The molecule has 24 heavy (non-hydrogen) atoms. The highest BCUT2D eigenvalue weighted by Gasteiger charge is 2.30. The highest BCUT2D eigenvalue weighted by Crippen LogP contribution is 2.16. The van der Waals surface area contributed by atoms with Crippen LogP contribution in [0.5, 0.6) is 0 Å². The summed E-state index contributed by atoms with van der Waals surface area (Å²) < 4.78 is 6.75. The predicted molar refractivity (Wildman–Crippen MR) is 84.7 cm³/mol. The fourth-order valence-electron chi connectivity index (χ4n) is 2.56. The number of benzene rings is 1. The third-order valence-electron chi connectivity index (χ3n) is 3.76. The third kappa shape index (κ3) is 3.05. The molecule has 0 aliphatic carbocycles. The van der Waals surface area contributed by atoms with Gasteiger partial charge >= 0.3 is 11.7 Å². The Bertz CT molecular complexity index is 857. The third-order valence-corrected chi connectivity index (χ3v) is 4.00.